The van der Waals surface area contributed by atoms with E-state index in [1.807, 2.05) is 49.9 Å². The van der Waals surface area contributed by atoms with Crippen LogP contribution in [0.5, 0.6) is 0 Å². The topological polar surface area (TPSA) is 62.5 Å². The van der Waals surface area contributed by atoms with E-state index in [9.17, 15) is 14.7 Å². The zero-order valence-corrected chi connectivity index (χ0v) is 13.3. The number of aromatic carboxylic acids is 1. The molecule has 0 saturated carbocycles. The van der Waals surface area contributed by atoms with Crippen LogP contribution in [0.25, 0.3) is 10.9 Å². The van der Waals surface area contributed by atoms with Crippen LogP contribution in [0.3, 0.4) is 0 Å². The number of pyridine rings is 1. The van der Waals surface area contributed by atoms with Gasteiger partial charge < -0.3 is 14.6 Å². The Morgan fingerprint density at radius 2 is 1.82 bits per heavy atom. The fourth-order valence-corrected chi connectivity index (χ4v) is 2.90. The van der Waals surface area contributed by atoms with Gasteiger partial charge in [-0.3, -0.25) is 4.79 Å². The van der Waals surface area contributed by atoms with Crippen LogP contribution in [0.1, 0.15) is 37.6 Å². The molecule has 0 bridgehead atoms. The number of nitrogens with zero attached hydrogens (tertiary/aromatic N) is 2. The minimum absolute atomic E-state index is 0.129. The molecule has 0 radical (unpaired) electrons. The van der Waals surface area contributed by atoms with Crippen LogP contribution in [0.2, 0.25) is 0 Å². The zero-order chi connectivity index (χ0) is 16.3. The summed E-state index contributed by atoms with van der Waals surface area (Å²) < 4.78 is 1.58. The summed E-state index contributed by atoms with van der Waals surface area (Å²) >= 11 is 0. The second kappa shape index (κ2) is 6.64. The van der Waals surface area contributed by atoms with E-state index in [0.717, 1.165) is 17.3 Å². The van der Waals surface area contributed by atoms with Crippen molar-refractivity contribution in [2.45, 2.75) is 33.7 Å². The molecular weight excluding hydrogens is 280 g/mol. The maximum absolute atomic E-state index is 12.7. The molecule has 0 atom stereocenters. The van der Waals surface area contributed by atoms with Gasteiger partial charge in [-0.25, -0.2) is 4.79 Å². The maximum Gasteiger partial charge on any atom is 0.343 e. The fraction of sp³-hybridized carbons (Fsp3) is 0.412. The Hall–Kier alpha value is -2.30. The molecule has 1 N–H and O–H groups in total. The molecule has 0 unspecified atom stereocenters. The molecule has 2 rings (SSSR count). The SMILES string of the molecule is CCCn1c(=O)c(C(=O)O)c(N(CC)CC)c2ccccc21. The molecule has 2 aromatic rings. The lowest BCUT2D eigenvalue weighted by atomic mass is 10.1. The van der Waals surface area contributed by atoms with E-state index in [0.29, 0.717) is 25.3 Å². The first-order chi connectivity index (χ1) is 10.6. The number of fused-ring (bicyclic) bond motifs is 1. The smallest absolute Gasteiger partial charge is 0.343 e. The summed E-state index contributed by atoms with van der Waals surface area (Å²) in [6.45, 7) is 7.71. The molecule has 1 aromatic carbocycles. The van der Waals surface area contributed by atoms with Gasteiger partial charge in [-0.1, -0.05) is 25.1 Å². The van der Waals surface area contributed by atoms with E-state index in [1.165, 1.54) is 0 Å². The molecule has 0 aliphatic carbocycles. The van der Waals surface area contributed by atoms with Gasteiger partial charge in [0, 0.05) is 25.0 Å². The standard InChI is InChI=1S/C17H22N2O3/c1-4-11-19-13-10-8-7-9-12(13)15(18(5-2)6-3)14(16(19)20)17(21)22/h7-10H,4-6,11H2,1-3H3,(H,21,22). The lowest BCUT2D eigenvalue weighted by Gasteiger charge is -2.26. The van der Waals surface area contributed by atoms with Crippen molar-refractivity contribution >= 4 is 22.6 Å². The molecule has 0 aliphatic rings. The number of carboxylic acids is 1. The van der Waals surface area contributed by atoms with E-state index in [-0.39, 0.29) is 5.56 Å². The maximum atomic E-state index is 12.7. The number of hydrogen-bond donors (Lipinski definition) is 1. The minimum atomic E-state index is -1.16. The number of rotatable bonds is 6. The number of hydrogen-bond acceptors (Lipinski definition) is 3. The Morgan fingerprint density at radius 3 is 2.36 bits per heavy atom. The summed E-state index contributed by atoms with van der Waals surface area (Å²) in [5.41, 5.74) is 0.775. The third-order valence-electron chi connectivity index (χ3n) is 3.89. The van der Waals surface area contributed by atoms with Gasteiger partial charge in [0.05, 0.1) is 11.2 Å². The van der Waals surface area contributed by atoms with Crippen LogP contribution >= 0.6 is 0 Å². The highest BCUT2D eigenvalue weighted by atomic mass is 16.4. The number of aromatic nitrogens is 1. The third-order valence-corrected chi connectivity index (χ3v) is 3.89. The van der Waals surface area contributed by atoms with Crippen molar-refractivity contribution < 1.29 is 9.90 Å². The van der Waals surface area contributed by atoms with Gasteiger partial charge in [-0.2, -0.15) is 0 Å². The van der Waals surface area contributed by atoms with E-state index in [4.69, 9.17) is 0 Å². The number of carboxylic acid groups (broad SMARTS) is 1. The van der Waals surface area contributed by atoms with Gasteiger partial charge in [-0.15, -0.1) is 0 Å². The lowest BCUT2D eigenvalue weighted by Crippen LogP contribution is -2.33. The van der Waals surface area contributed by atoms with Crippen LogP contribution in [0, 0.1) is 0 Å². The van der Waals surface area contributed by atoms with E-state index in [1.54, 1.807) is 4.57 Å². The number of carbonyl (C=O) groups is 1. The summed E-state index contributed by atoms with van der Waals surface area (Å²) in [6.07, 6.45) is 0.771. The van der Waals surface area contributed by atoms with Crippen molar-refractivity contribution in [2.24, 2.45) is 0 Å². The Balaban J connectivity index is 2.98. The van der Waals surface area contributed by atoms with Crippen LogP contribution in [0.15, 0.2) is 29.1 Å². The number of anilines is 1. The van der Waals surface area contributed by atoms with Crippen molar-refractivity contribution in [3.63, 3.8) is 0 Å². The van der Waals surface area contributed by atoms with Crippen molar-refractivity contribution in [1.29, 1.82) is 0 Å². The molecular formula is C17H22N2O3. The first-order valence-corrected chi connectivity index (χ1v) is 7.70. The number of para-hydroxylation sites is 1. The highest BCUT2D eigenvalue weighted by Crippen LogP contribution is 2.29. The van der Waals surface area contributed by atoms with E-state index < -0.39 is 11.5 Å². The van der Waals surface area contributed by atoms with Gasteiger partial charge in [0.2, 0.25) is 0 Å². The van der Waals surface area contributed by atoms with Crippen molar-refractivity contribution in [1.82, 2.24) is 4.57 Å². The highest BCUT2D eigenvalue weighted by Gasteiger charge is 2.24. The van der Waals surface area contributed by atoms with Crippen LogP contribution < -0.4 is 10.5 Å². The summed E-state index contributed by atoms with van der Waals surface area (Å²) in [5, 5.41) is 10.4. The molecule has 0 aliphatic heterocycles. The average Bonchev–Trinajstić information content (AvgIpc) is 2.51. The molecule has 118 valence electrons. The molecule has 0 amide bonds. The molecule has 1 heterocycles. The summed E-state index contributed by atoms with van der Waals surface area (Å²) in [6, 6.07) is 7.52. The summed E-state index contributed by atoms with van der Waals surface area (Å²) in [7, 11) is 0. The van der Waals surface area contributed by atoms with Gasteiger partial charge >= 0.3 is 5.97 Å². The van der Waals surface area contributed by atoms with Crippen LogP contribution in [-0.2, 0) is 6.54 Å². The number of aryl methyl sites for hydroxylation is 1. The molecule has 1 aromatic heterocycles. The normalized spacial score (nSPS) is 10.9. The van der Waals surface area contributed by atoms with Crippen molar-refractivity contribution in [3.05, 3.63) is 40.2 Å². The van der Waals surface area contributed by atoms with Gasteiger partial charge in [0.15, 0.2) is 0 Å². The Kier molecular flexibility index (Phi) is 4.85. The largest absolute Gasteiger partial charge is 0.477 e. The minimum Gasteiger partial charge on any atom is -0.477 e. The highest BCUT2D eigenvalue weighted by molar-refractivity contribution is 6.04. The predicted molar refractivity (Wildman–Crippen MR) is 89.0 cm³/mol. The first-order valence-electron chi connectivity index (χ1n) is 7.70. The van der Waals surface area contributed by atoms with E-state index in [2.05, 4.69) is 0 Å². The van der Waals surface area contributed by atoms with Crippen molar-refractivity contribution in [3.8, 4) is 0 Å². The van der Waals surface area contributed by atoms with E-state index >= 15 is 0 Å². The van der Waals surface area contributed by atoms with Gasteiger partial charge in [0.1, 0.15) is 5.56 Å². The monoisotopic (exact) mass is 302 g/mol. The predicted octanol–water partition coefficient (Wildman–Crippen LogP) is 2.96. The summed E-state index contributed by atoms with van der Waals surface area (Å²) in [4.78, 5) is 26.4. The Morgan fingerprint density at radius 1 is 1.18 bits per heavy atom. The molecule has 5 heteroatoms. The first kappa shape index (κ1) is 16.1. The van der Waals surface area contributed by atoms with Crippen molar-refractivity contribution in [2.75, 3.05) is 18.0 Å². The molecule has 0 saturated heterocycles. The van der Waals surface area contributed by atoms with Gasteiger partial charge in [-0.05, 0) is 26.3 Å². The Labute approximate surface area is 129 Å². The number of benzene rings is 1. The summed E-state index contributed by atoms with van der Waals surface area (Å²) in [5.74, 6) is -1.16. The zero-order valence-electron chi connectivity index (χ0n) is 13.3. The molecule has 5 nitrogen and oxygen atoms in total. The quantitative estimate of drug-likeness (QED) is 0.891. The average molecular weight is 302 g/mol. The fourth-order valence-electron chi connectivity index (χ4n) is 2.90. The van der Waals surface area contributed by atoms with Crippen LogP contribution in [-0.4, -0.2) is 28.7 Å². The second-order valence-electron chi connectivity index (χ2n) is 5.17. The van der Waals surface area contributed by atoms with Gasteiger partial charge in [0.25, 0.3) is 5.56 Å². The molecule has 0 fully saturated rings. The molecule has 0 spiro atoms. The van der Waals surface area contributed by atoms with Crippen LogP contribution in [0.4, 0.5) is 5.69 Å². The lowest BCUT2D eigenvalue weighted by molar-refractivity contribution is 0.0695. The molecule has 22 heavy (non-hydrogen) atoms. The Bertz CT molecular complexity index is 745. The third kappa shape index (κ3) is 2.58. The second-order valence-corrected chi connectivity index (χ2v) is 5.17.